The minimum Gasteiger partial charge on any atom is -0.489 e. The van der Waals surface area contributed by atoms with Gasteiger partial charge < -0.3 is 10.1 Å². The summed E-state index contributed by atoms with van der Waals surface area (Å²) in [7, 11) is 0. The zero-order chi connectivity index (χ0) is 18.2. The van der Waals surface area contributed by atoms with Gasteiger partial charge in [0, 0.05) is 22.2 Å². The summed E-state index contributed by atoms with van der Waals surface area (Å²) in [5, 5.41) is 4.72. The molecule has 3 rings (SSSR count). The van der Waals surface area contributed by atoms with Crippen molar-refractivity contribution in [2.24, 2.45) is 0 Å². The molecule has 2 nitrogen and oxygen atoms in total. The molecule has 0 atom stereocenters. The number of benzene rings is 3. The Morgan fingerprint density at radius 2 is 1.58 bits per heavy atom. The third kappa shape index (κ3) is 5.77. The van der Waals surface area contributed by atoms with Crippen molar-refractivity contribution in [2.45, 2.75) is 19.6 Å². The van der Waals surface area contributed by atoms with Crippen molar-refractivity contribution in [2.75, 3.05) is 6.54 Å². The van der Waals surface area contributed by atoms with Gasteiger partial charge in [-0.2, -0.15) is 0 Å². The van der Waals surface area contributed by atoms with E-state index in [1.165, 1.54) is 11.1 Å². The van der Waals surface area contributed by atoms with Crippen molar-refractivity contribution in [3.8, 4) is 5.75 Å². The van der Waals surface area contributed by atoms with Crippen LogP contribution in [0.3, 0.4) is 0 Å². The zero-order valence-electron chi connectivity index (χ0n) is 14.4. The van der Waals surface area contributed by atoms with Crippen LogP contribution in [-0.4, -0.2) is 6.54 Å². The van der Waals surface area contributed by atoms with Crippen LogP contribution in [0, 0.1) is 0 Å². The summed E-state index contributed by atoms with van der Waals surface area (Å²) in [4.78, 5) is 0. The molecule has 0 saturated heterocycles. The molecule has 0 aromatic heterocycles. The molecule has 1 N–H and O–H groups in total. The zero-order valence-corrected chi connectivity index (χ0v) is 15.9. The molecule has 0 fully saturated rings. The lowest BCUT2D eigenvalue weighted by Crippen LogP contribution is -2.16. The maximum absolute atomic E-state index is 6.16. The highest BCUT2D eigenvalue weighted by molar-refractivity contribution is 6.35. The highest BCUT2D eigenvalue weighted by Crippen LogP contribution is 2.22. The molecule has 0 unspecified atom stereocenters. The molecule has 0 bridgehead atoms. The van der Waals surface area contributed by atoms with E-state index in [9.17, 15) is 0 Å². The van der Waals surface area contributed by atoms with E-state index in [-0.39, 0.29) is 0 Å². The number of halogens is 2. The number of rotatable bonds is 8. The van der Waals surface area contributed by atoms with E-state index in [4.69, 9.17) is 27.9 Å². The molecule has 0 heterocycles. The van der Waals surface area contributed by atoms with Gasteiger partial charge in [0.15, 0.2) is 0 Å². The third-order valence-electron chi connectivity index (χ3n) is 4.10. The molecule has 3 aromatic carbocycles. The fraction of sp³-hybridized carbons (Fsp3) is 0.182. The van der Waals surface area contributed by atoms with Crippen molar-refractivity contribution in [1.82, 2.24) is 5.32 Å². The molecule has 0 radical (unpaired) electrons. The Kier molecular flexibility index (Phi) is 6.96. The maximum Gasteiger partial charge on any atom is 0.119 e. The minimum absolute atomic E-state index is 0.421. The van der Waals surface area contributed by atoms with Crippen molar-refractivity contribution in [3.63, 3.8) is 0 Å². The first-order chi connectivity index (χ1) is 12.7. The first-order valence-electron chi connectivity index (χ1n) is 8.61. The molecule has 0 amide bonds. The van der Waals surface area contributed by atoms with Gasteiger partial charge in [-0.15, -0.1) is 0 Å². The van der Waals surface area contributed by atoms with Crippen molar-refractivity contribution < 1.29 is 4.74 Å². The first kappa shape index (κ1) is 18.8. The second-order valence-corrected chi connectivity index (χ2v) is 6.92. The largest absolute Gasteiger partial charge is 0.489 e. The van der Waals surface area contributed by atoms with Crippen LogP contribution in [0.4, 0.5) is 0 Å². The average molecular weight is 386 g/mol. The molecule has 3 aromatic rings. The minimum atomic E-state index is 0.421. The van der Waals surface area contributed by atoms with Crippen molar-refractivity contribution in [1.29, 1.82) is 0 Å². The third-order valence-corrected chi connectivity index (χ3v) is 4.68. The molecule has 26 heavy (non-hydrogen) atoms. The fourth-order valence-corrected chi connectivity index (χ4v) is 3.08. The second kappa shape index (κ2) is 9.63. The summed E-state index contributed by atoms with van der Waals surface area (Å²) in [5.41, 5.74) is 3.50. The van der Waals surface area contributed by atoms with E-state index in [0.29, 0.717) is 16.7 Å². The molecule has 134 valence electrons. The van der Waals surface area contributed by atoms with Crippen LogP contribution in [0.1, 0.15) is 16.7 Å². The van der Waals surface area contributed by atoms with Crippen LogP contribution in [0.15, 0.2) is 72.8 Å². The van der Waals surface area contributed by atoms with Gasteiger partial charge >= 0.3 is 0 Å². The summed E-state index contributed by atoms with van der Waals surface area (Å²) in [6.45, 7) is 2.22. The monoisotopic (exact) mass is 385 g/mol. The summed E-state index contributed by atoms with van der Waals surface area (Å²) in [6, 6.07) is 24.1. The van der Waals surface area contributed by atoms with Crippen molar-refractivity contribution >= 4 is 23.2 Å². The topological polar surface area (TPSA) is 21.3 Å². The predicted molar refractivity (Wildman–Crippen MR) is 109 cm³/mol. The highest BCUT2D eigenvalue weighted by atomic mass is 35.5. The lowest BCUT2D eigenvalue weighted by molar-refractivity contribution is 0.306. The number of nitrogens with one attached hydrogen (secondary N) is 1. The van der Waals surface area contributed by atoms with Crippen LogP contribution >= 0.6 is 23.2 Å². The van der Waals surface area contributed by atoms with Gasteiger partial charge in [-0.25, -0.2) is 0 Å². The average Bonchev–Trinajstić information content (AvgIpc) is 2.66. The van der Waals surface area contributed by atoms with Crippen LogP contribution in [0.2, 0.25) is 10.0 Å². The summed E-state index contributed by atoms with van der Waals surface area (Å²) < 4.78 is 5.80. The van der Waals surface area contributed by atoms with E-state index in [2.05, 4.69) is 41.7 Å². The van der Waals surface area contributed by atoms with Gasteiger partial charge in [-0.1, -0.05) is 71.7 Å². The first-order valence-corrected chi connectivity index (χ1v) is 9.36. The van der Waals surface area contributed by atoms with E-state index in [0.717, 1.165) is 30.8 Å². The summed E-state index contributed by atoms with van der Waals surface area (Å²) in [5.74, 6) is 0.823. The predicted octanol–water partition coefficient (Wildman–Crippen LogP) is 5.90. The molecular weight excluding hydrogens is 365 g/mol. The van der Waals surface area contributed by atoms with Gasteiger partial charge in [0.05, 0.1) is 0 Å². The van der Waals surface area contributed by atoms with E-state index >= 15 is 0 Å². The number of hydrogen-bond acceptors (Lipinski definition) is 2. The quantitative estimate of drug-likeness (QED) is 0.487. The Morgan fingerprint density at radius 3 is 2.31 bits per heavy atom. The molecule has 0 aliphatic heterocycles. The molecule has 0 spiro atoms. The van der Waals surface area contributed by atoms with Crippen LogP contribution in [0.25, 0.3) is 0 Å². The number of ether oxygens (including phenoxy) is 1. The Morgan fingerprint density at radius 1 is 0.808 bits per heavy atom. The second-order valence-electron chi connectivity index (χ2n) is 6.08. The smallest absolute Gasteiger partial charge is 0.119 e. The Balaban J connectivity index is 1.43. The van der Waals surface area contributed by atoms with E-state index in [1.54, 1.807) is 6.07 Å². The van der Waals surface area contributed by atoms with Crippen molar-refractivity contribution in [3.05, 3.63) is 99.5 Å². The SMILES string of the molecule is Clc1ccc(COc2ccc(CNCCc3ccccc3)cc2)c(Cl)c1. The lowest BCUT2D eigenvalue weighted by Gasteiger charge is -2.09. The van der Waals surface area contributed by atoms with Gasteiger partial charge in [-0.3, -0.25) is 0 Å². The van der Waals surface area contributed by atoms with Gasteiger partial charge in [0.1, 0.15) is 12.4 Å². The van der Waals surface area contributed by atoms with Gasteiger partial charge in [0.25, 0.3) is 0 Å². The number of hydrogen-bond donors (Lipinski definition) is 1. The Labute approximate surface area is 164 Å². The Hall–Kier alpha value is -2.00. The normalized spacial score (nSPS) is 10.7. The summed E-state index contributed by atoms with van der Waals surface area (Å²) >= 11 is 12.1. The van der Waals surface area contributed by atoms with E-state index < -0.39 is 0 Å². The highest BCUT2D eigenvalue weighted by Gasteiger charge is 2.03. The lowest BCUT2D eigenvalue weighted by atomic mass is 10.1. The molecule has 4 heteroatoms. The van der Waals surface area contributed by atoms with Gasteiger partial charge in [0.2, 0.25) is 0 Å². The maximum atomic E-state index is 6.16. The molecule has 0 saturated carbocycles. The fourth-order valence-electron chi connectivity index (χ4n) is 2.61. The summed E-state index contributed by atoms with van der Waals surface area (Å²) in [6.07, 6.45) is 1.03. The molecule has 0 aliphatic carbocycles. The standard InChI is InChI=1S/C22H21Cl2NO/c23-20-9-8-19(22(24)14-20)16-26-21-10-6-18(7-11-21)15-25-13-12-17-4-2-1-3-5-17/h1-11,14,25H,12-13,15-16H2. The van der Waals surface area contributed by atoms with Crippen LogP contribution < -0.4 is 10.1 Å². The molecular formula is C22H21Cl2NO. The van der Waals surface area contributed by atoms with Crippen LogP contribution in [0.5, 0.6) is 5.75 Å². The van der Waals surface area contributed by atoms with Crippen LogP contribution in [-0.2, 0) is 19.6 Å². The molecule has 0 aliphatic rings. The van der Waals surface area contributed by atoms with E-state index in [1.807, 2.05) is 30.3 Å². The van der Waals surface area contributed by atoms with Gasteiger partial charge in [-0.05, 0) is 48.4 Å². The Bertz CT molecular complexity index is 819.